The normalized spacial score (nSPS) is 18.0. The fourth-order valence-electron chi connectivity index (χ4n) is 2.99. The number of hydrogen-bond donors (Lipinski definition) is 1. The van der Waals surface area contributed by atoms with Crippen LogP contribution < -0.4 is 14.8 Å². The van der Waals surface area contributed by atoms with Crippen molar-refractivity contribution in [3.8, 4) is 11.5 Å². The standard InChI is InChI=1S/C17H18FNO2/c1-19-17(13-9-11(18)7-8-15(13)20-2)14-10-21-16-6-4-3-5-12(14)16/h3-9,14,17,19H,10H2,1-2H3. The lowest BCUT2D eigenvalue weighted by Gasteiger charge is -2.24. The summed E-state index contributed by atoms with van der Waals surface area (Å²) in [5.41, 5.74) is 1.95. The molecule has 2 aromatic rings. The molecule has 3 nitrogen and oxygen atoms in total. The average Bonchev–Trinajstić information content (AvgIpc) is 2.93. The molecule has 2 aromatic carbocycles. The van der Waals surface area contributed by atoms with Crippen LogP contribution in [0.1, 0.15) is 23.1 Å². The monoisotopic (exact) mass is 287 g/mol. The van der Waals surface area contributed by atoms with Gasteiger partial charge < -0.3 is 14.8 Å². The van der Waals surface area contributed by atoms with E-state index in [9.17, 15) is 4.39 Å². The van der Waals surface area contributed by atoms with Crippen LogP contribution >= 0.6 is 0 Å². The molecule has 0 saturated heterocycles. The largest absolute Gasteiger partial charge is 0.496 e. The van der Waals surface area contributed by atoms with Crippen molar-refractivity contribution < 1.29 is 13.9 Å². The zero-order valence-electron chi connectivity index (χ0n) is 12.1. The molecule has 0 aliphatic carbocycles. The first-order valence-electron chi connectivity index (χ1n) is 6.97. The van der Waals surface area contributed by atoms with Crippen LogP contribution in [0.4, 0.5) is 4.39 Å². The molecule has 1 N–H and O–H groups in total. The first-order chi connectivity index (χ1) is 10.2. The van der Waals surface area contributed by atoms with Crippen molar-refractivity contribution in [3.63, 3.8) is 0 Å². The summed E-state index contributed by atoms with van der Waals surface area (Å²) < 4.78 is 24.8. The van der Waals surface area contributed by atoms with Crippen LogP contribution in [0.2, 0.25) is 0 Å². The van der Waals surface area contributed by atoms with E-state index in [-0.39, 0.29) is 17.8 Å². The summed E-state index contributed by atoms with van der Waals surface area (Å²) in [6.07, 6.45) is 0. The summed E-state index contributed by atoms with van der Waals surface area (Å²) in [6, 6.07) is 12.5. The molecule has 0 fully saturated rings. The summed E-state index contributed by atoms with van der Waals surface area (Å²) in [4.78, 5) is 0. The average molecular weight is 287 g/mol. The molecule has 0 spiro atoms. The molecule has 3 rings (SSSR count). The zero-order chi connectivity index (χ0) is 14.8. The van der Waals surface area contributed by atoms with E-state index >= 15 is 0 Å². The lowest BCUT2D eigenvalue weighted by atomic mass is 9.88. The number of likely N-dealkylation sites (N-methyl/N-ethyl adjacent to an activating group) is 1. The first-order valence-corrected chi connectivity index (χ1v) is 6.97. The minimum Gasteiger partial charge on any atom is -0.496 e. The van der Waals surface area contributed by atoms with E-state index in [2.05, 4.69) is 11.4 Å². The van der Waals surface area contributed by atoms with Crippen LogP contribution in [0.15, 0.2) is 42.5 Å². The third-order valence-corrected chi connectivity index (χ3v) is 3.98. The number of rotatable bonds is 4. The van der Waals surface area contributed by atoms with Crippen LogP contribution in [-0.4, -0.2) is 20.8 Å². The van der Waals surface area contributed by atoms with Crippen LogP contribution in [-0.2, 0) is 0 Å². The molecular formula is C17H18FNO2. The van der Waals surface area contributed by atoms with Gasteiger partial charge in [0.15, 0.2) is 0 Å². The van der Waals surface area contributed by atoms with E-state index in [1.165, 1.54) is 12.1 Å². The fraction of sp³-hybridized carbons (Fsp3) is 0.294. The third-order valence-electron chi connectivity index (χ3n) is 3.98. The van der Waals surface area contributed by atoms with Crippen molar-refractivity contribution in [2.24, 2.45) is 0 Å². The second kappa shape index (κ2) is 5.74. The number of benzene rings is 2. The van der Waals surface area contributed by atoms with Gasteiger partial charge in [-0.1, -0.05) is 18.2 Å². The highest BCUT2D eigenvalue weighted by atomic mass is 19.1. The lowest BCUT2D eigenvalue weighted by molar-refractivity contribution is 0.300. The van der Waals surface area contributed by atoms with Gasteiger partial charge in [-0.3, -0.25) is 0 Å². The molecule has 0 bridgehead atoms. The SMILES string of the molecule is CNC(c1cc(F)ccc1OC)C1COc2ccccc21. The van der Waals surface area contributed by atoms with E-state index in [0.29, 0.717) is 12.4 Å². The minimum absolute atomic E-state index is 0.0701. The van der Waals surface area contributed by atoms with Crippen LogP contribution in [0, 0.1) is 5.82 Å². The molecule has 2 atom stereocenters. The Balaban J connectivity index is 2.02. The van der Waals surface area contributed by atoms with Gasteiger partial charge in [-0.05, 0) is 31.3 Å². The highest BCUT2D eigenvalue weighted by Crippen LogP contribution is 2.43. The van der Waals surface area contributed by atoms with Gasteiger partial charge in [0, 0.05) is 23.1 Å². The molecular weight excluding hydrogens is 269 g/mol. The molecule has 0 saturated carbocycles. The molecule has 0 radical (unpaired) electrons. The number of methoxy groups -OCH3 is 1. The molecule has 0 amide bonds. The summed E-state index contributed by atoms with van der Waals surface area (Å²) in [5.74, 6) is 1.44. The Hall–Kier alpha value is -2.07. The highest BCUT2D eigenvalue weighted by molar-refractivity contribution is 5.45. The van der Waals surface area contributed by atoms with Crippen molar-refractivity contribution in [1.29, 1.82) is 0 Å². The molecule has 21 heavy (non-hydrogen) atoms. The Morgan fingerprint density at radius 1 is 1.29 bits per heavy atom. The number of halogens is 1. The van der Waals surface area contributed by atoms with E-state index in [0.717, 1.165) is 16.9 Å². The highest BCUT2D eigenvalue weighted by Gasteiger charge is 2.33. The number of hydrogen-bond acceptors (Lipinski definition) is 3. The summed E-state index contributed by atoms with van der Waals surface area (Å²) in [6.45, 7) is 0.574. The zero-order valence-corrected chi connectivity index (χ0v) is 12.1. The Morgan fingerprint density at radius 3 is 2.86 bits per heavy atom. The van der Waals surface area contributed by atoms with E-state index in [4.69, 9.17) is 9.47 Å². The second-order valence-corrected chi connectivity index (χ2v) is 5.11. The lowest BCUT2D eigenvalue weighted by Crippen LogP contribution is -2.25. The van der Waals surface area contributed by atoms with E-state index in [1.54, 1.807) is 13.2 Å². The maximum Gasteiger partial charge on any atom is 0.123 e. The van der Waals surface area contributed by atoms with E-state index in [1.807, 2.05) is 25.2 Å². The van der Waals surface area contributed by atoms with Crippen molar-refractivity contribution in [3.05, 3.63) is 59.4 Å². The van der Waals surface area contributed by atoms with Crippen molar-refractivity contribution in [2.75, 3.05) is 20.8 Å². The second-order valence-electron chi connectivity index (χ2n) is 5.11. The van der Waals surface area contributed by atoms with E-state index < -0.39 is 0 Å². The molecule has 2 unspecified atom stereocenters. The number of ether oxygens (including phenoxy) is 2. The minimum atomic E-state index is -0.266. The Bertz CT molecular complexity index is 644. The Kier molecular flexibility index (Phi) is 3.80. The summed E-state index contributed by atoms with van der Waals surface area (Å²) in [7, 11) is 3.47. The van der Waals surface area contributed by atoms with Crippen LogP contribution in [0.3, 0.4) is 0 Å². The number of para-hydroxylation sites is 1. The number of nitrogens with one attached hydrogen (secondary N) is 1. The van der Waals surface area contributed by atoms with Gasteiger partial charge in [0.25, 0.3) is 0 Å². The predicted octanol–water partition coefficient (Wildman–Crippen LogP) is 3.27. The smallest absolute Gasteiger partial charge is 0.123 e. The molecule has 4 heteroatoms. The van der Waals surface area contributed by atoms with Crippen molar-refractivity contribution in [1.82, 2.24) is 5.32 Å². The maximum absolute atomic E-state index is 13.6. The number of fused-ring (bicyclic) bond motifs is 1. The summed E-state index contributed by atoms with van der Waals surface area (Å²) in [5, 5.41) is 3.28. The van der Waals surface area contributed by atoms with Crippen molar-refractivity contribution in [2.45, 2.75) is 12.0 Å². The fourth-order valence-corrected chi connectivity index (χ4v) is 2.99. The molecule has 1 aliphatic heterocycles. The van der Waals surface area contributed by atoms with Crippen LogP contribution in [0.5, 0.6) is 11.5 Å². The van der Waals surface area contributed by atoms with Gasteiger partial charge in [0.1, 0.15) is 17.3 Å². The predicted molar refractivity (Wildman–Crippen MR) is 79.4 cm³/mol. The molecule has 1 aliphatic rings. The van der Waals surface area contributed by atoms with Crippen LogP contribution in [0.25, 0.3) is 0 Å². The topological polar surface area (TPSA) is 30.5 Å². The molecule has 1 heterocycles. The van der Waals surface area contributed by atoms with Gasteiger partial charge in [0.2, 0.25) is 0 Å². The molecule has 110 valence electrons. The third kappa shape index (κ3) is 2.47. The maximum atomic E-state index is 13.6. The first kappa shape index (κ1) is 13.9. The van der Waals surface area contributed by atoms with Gasteiger partial charge in [-0.2, -0.15) is 0 Å². The van der Waals surface area contributed by atoms with Crippen molar-refractivity contribution >= 4 is 0 Å². The van der Waals surface area contributed by atoms with Gasteiger partial charge in [0.05, 0.1) is 13.7 Å². The Morgan fingerprint density at radius 2 is 2.10 bits per heavy atom. The van der Waals surface area contributed by atoms with Gasteiger partial charge in [-0.25, -0.2) is 4.39 Å². The quantitative estimate of drug-likeness (QED) is 0.936. The molecule has 0 aromatic heterocycles. The van der Waals surface area contributed by atoms with Gasteiger partial charge in [-0.15, -0.1) is 0 Å². The summed E-state index contributed by atoms with van der Waals surface area (Å²) >= 11 is 0. The van der Waals surface area contributed by atoms with Gasteiger partial charge >= 0.3 is 0 Å². The Labute approximate surface area is 123 Å².